The maximum atomic E-state index is 10.4. The summed E-state index contributed by atoms with van der Waals surface area (Å²) in [6, 6.07) is 13.6. The molecule has 0 aliphatic rings. The fourth-order valence-electron chi connectivity index (χ4n) is 1.86. The van der Waals surface area contributed by atoms with Crippen molar-refractivity contribution in [3.63, 3.8) is 0 Å². The normalized spacial score (nSPS) is 13.7. The first-order valence-electron chi connectivity index (χ1n) is 6.08. The van der Waals surface area contributed by atoms with Crippen molar-refractivity contribution in [1.29, 1.82) is 5.26 Å². The van der Waals surface area contributed by atoms with Crippen molar-refractivity contribution in [3.05, 3.63) is 57.8 Å². The van der Waals surface area contributed by atoms with Crippen molar-refractivity contribution in [2.24, 2.45) is 0 Å². The lowest BCUT2D eigenvalue weighted by Crippen LogP contribution is -2.34. The molecule has 0 saturated carbocycles. The van der Waals surface area contributed by atoms with E-state index in [-0.39, 0.29) is 0 Å². The van der Waals surface area contributed by atoms with E-state index in [1.807, 2.05) is 41.8 Å². The van der Waals surface area contributed by atoms with Crippen LogP contribution in [-0.2, 0) is 12.1 Å². The average molecular weight is 272 g/mol. The number of rotatable bonds is 5. The second-order valence-corrected chi connectivity index (χ2v) is 5.65. The molecule has 4 heteroatoms. The molecule has 0 spiro atoms. The van der Waals surface area contributed by atoms with Gasteiger partial charge in [0.15, 0.2) is 0 Å². The van der Waals surface area contributed by atoms with Gasteiger partial charge in [-0.05, 0) is 18.6 Å². The molecule has 0 aliphatic carbocycles. The third-order valence-corrected chi connectivity index (χ3v) is 3.88. The second kappa shape index (κ2) is 5.98. The Bertz CT molecular complexity index is 569. The highest BCUT2D eigenvalue weighted by Gasteiger charge is 2.21. The lowest BCUT2D eigenvalue weighted by Gasteiger charge is -2.24. The summed E-state index contributed by atoms with van der Waals surface area (Å²) >= 11 is 1.55. The van der Waals surface area contributed by atoms with Crippen molar-refractivity contribution in [2.75, 3.05) is 6.54 Å². The van der Waals surface area contributed by atoms with Crippen molar-refractivity contribution in [1.82, 2.24) is 5.32 Å². The summed E-state index contributed by atoms with van der Waals surface area (Å²) in [5.41, 5.74) is 0.694. The number of nitrogens with zero attached hydrogens (tertiary/aromatic N) is 1. The molecule has 1 unspecified atom stereocenters. The van der Waals surface area contributed by atoms with Crippen LogP contribution in [-0.4, -0.2) is 11.7 Å². The monoisotopic (exact) mass is 272 g/mol. The van der Waals surface area contributed by atoms with Crippen LogP contribution in [0.1, 0.15) is 22.9 Å². The summed E-state index contributed by atoms with van der Waals surface area (Å²) in [5, 5.41) is 24.2. The van der Waals surface area contributed by atoms with Gasteiger partial charge in [-0.1, -0.05) is 30.3 Å². The number of benzene rings is 1. The van der Waals surface area contributed by atoms with E-state index in [0.29, 0.717) is 18.7 Å². The first-order chi connectivity index (χ1) is 9.12. The zero-order valence-corrected chi connectivity index (χ0v) is 11.6. The summed E-state index contributed by atoms with van der Waals surface area (Å²) in [5.74, 6) is 0. The molecule has 0 amide bonds. The highest BCUT2D eigenvalue weighted by atomic mass is 32.1. The minimum atomic E-state index is -0.892. The van der Waals surface area contributed by atoms with Gasteiger partial charge in [-0.3, -0.25) is 0 Å². The van der Waals surface area contributed by atoms with Crippen LogP contribution in [0.3, 0.4) is 0 Å². The number of aliphatic hydroxyl groups is 1. The molecular weight excluding hydrogens is 256 g/mol. The highest BCUT2D eigenvalue weighted by molar-refractivity contribution is 7.10. The van der Waals surface area contributed by atoms with E-state index < -0.39 is 5.60 Å². The zero-order valence-electron chi connectivity index (χ0n) is 10.8. The van der Waals surface area contributed by atoms with E-state index in [0.717, 1.165) is 10.4 Å². The summed E-state index contributed by atoms with van der Waals surface area (Å²) in [6.45, 7) is 2.93. The Kier molecular flexibility index (Phi) is 4.33. The molecule has 0 fully saturated rings. The molecule has 2 aromatic rings. The van der Waals surface area contributed by atoms with Gasteiger partial charge in [0.1, 0.15) is 6.07 Å². The van der Waals surface area contributed by atoms with Crippen LogP contribution in [0, 0.1) is 11.3 Å². The van der Waals surface area contributed by atoms with E-state index in [1.165, 1.54) is 0 Å². The summed E-state index contributed by atoms with van der Waals surface area (Å²) in [4.78, 5) is 1.10. The quantitative estimate of drug-likeness (QED) is 0.879. The molecule has 0 radical (unpaired) electrons. The molecule has 1 atom stereocenters. The van der Waals surface area contributed by atoms with Crippen molar-refractivity contribution in [2.45, 2.75) is 19.1 Å². The Morgan fingerprint density at radius 2 is 2.11 bits per heavy atom. The average Bonchev–Trinajstić information content (AvgIpc) is 2.87. The van der Waals surface area contributed by atoms with Crippen LogP contribution in [0.25, 0.3) is 0 Å². The van der Waals surface area contributed by atoms with E-state index in [4.69, 9.17) is 5.26 Å². The number of nitriles is 1. The van der Waals surface area contributed by atoms with Crippen LogP contribution in [0.4, 0.5) is 0 Å². The van der Waals surface area contributed by atoms with Crippen LogP contribution in [0.15, 0.2) is 41.8 Å². The van der Waals surface area contributed by atoms with Gasteiger partial charge in [0.05, 0.1) is 11.2 Å². The van der Waals surface area contributed by atoms with Crippen LogP contribution < -0.4 is 5.32 Å². The molecule has 3 nitrogen and oxygen atoms in total. The van der Waals surface area contributed by atoms with Crippen LogP contribution >= 0.6 is 11.3 Å². The lowest BCUT2D eigenvalue weighted by molar-refractivity contribution is 0.0567. The van der Waals surface area contributed by atoms with Gasteiger partial charge in [0.2, 0.25) is 0 Å². The summed E-state index contributed by atoms with van der Waals surface area (Å²) < 4.78 is 0. The SMILES string of the molecule is CC(O)(CNCc1cc(C#N)cs1)c1ccccc1. The number of nitrogens with one attached hydrogen (secondary N) is 1. The molecule has 2 N–H and O–H groups in total. The maximum Gasteiger partial charge on any atom is 0.100 e. The van der Waals surface area contributed by atoms with E-state index >= 15 is 0 Å². The van der Waals surface area contributed by atoms with Gasteiger partial charge in [0, 0.05) is 23.3 Å². The Morgan fingerprint density at radius 3 is 2.74 bits per heavy atom. The molecule has 19 heavy (non-hydrogen) atoms. The zero-order chi connectivity index (χ0) is 13.7. The van der Waals surface area contributed by atoms with Gasteiger partial charge in [-0.2, -0.15) is 5.26 Å². The molecule has 98 valence electrons. The standard InChI is InChI=1S/C15H16N2OS/c1-15(18,13-5-3-2-4-6-13)11-17-9-14-7-12(8-16)10-19-14/h2-7,10,17-18H,9,11H2,1H3. The molecular formula is C15H16N2OS. The van der Waals surface area contributed by atoms with Crippen LogP contribution in [0.5, 0.6) is 0 Å². The minimum Gasteiger partial charge on any atom is -0.384 e. The molecule has 0 bridgehead atoms. The maximum absolute atomic E-state index is 10.4. The fourth-order valence-corrected chi connectivity index (χ4v) is 2.64. The Hall–Kier alpha value is -1.67. The van der Waals surface area contributed by atoms with Crippen molar-refractivity contribution in [3.8, 4) is 6.07 Å². The van der Waals surface area contributed by atoms with Gasteiger partial charge >= 0.3 is 0 Å². The number of hydrogen-bond acceptors (Lipinski definition) is 4. The molecule has 0 saturated heterocycles. The topological polar surface area (TPSA) is 56.0 Å². The first-order valence-corrected chi connectivity index (χ1v) is 6.96. The smallest absolute Gasteiger partial charge is 0.100 e. The van der Waals surface area contributed by atoms with Gasteiger partial charge < -0.3 is 10.4 Å². The molecule has 1 aromatic carbocycles. The molecule has 2 rings (SSSR count). The predicted molar refractivity (Wildman–Crippen MR) is 76.8 cm³/mol. The number of hydrogen-bond donors (Lipinski definition) is 2. The first kappa shape index (κ1) is 13.8. The highest BCUT2D eigenvalue weighted by Crippen LogP contribution is 2.19. The summed E-state index contributed by atoms with van der Waals surface area (Å²) in [7, 11) is 0. The van der Waals surface area contributed by atoms with Crippen molar-refractivity contribution >= 4 is 11.3 Å². The second-order valence-electron chi connectivity index (χ2n) is 4.66. The third kappa shape index (κ3) is 3.65. The Labute approximate surface area is 117 Å². The fraction of sp³-hybridized carbons (Fsp3) is 0.267. The third-order valence-electron chi connectivity index (χ3n) is 2.95. The predicted octanol–water partition coefficient (Wildman–Crippen LogP) is 2.62. The van der Waals surface area contributed by atoms with Crippen molar-refractivity contribution < 1.29 is 5.11 Å². The Balaban J connectivity index is 1.90. The van der Waals surface area contributed by atoms with E-state index in [1.54, 1.807) is 18.3 Å². The van der Waals surface area contributed by atoms with Gasteiger partial charge in [0.25, 0.3) is 0 Å². The minimum absolute atomic E-state index is 0.469. The van der Waals surface area contributed by atoms with Gasteiger partial charge in [-0.25, -0.2) is 0 Å². The molecule has 1 heterocycles. The van der Waals surface area contributed by atoms with E-state index in [2.05, 4.69) is 11.4 Å². The lowest BCUT2D eigenvalue weighted by atomic mass is 9.96. The van der Waals surface area contributed by atoms with Gasteiger partial charge in [-0.15, -0.1) is 11.3 Å². The van der Waals surface area contributed by atoms with E-state index in [9.17, 15) is 5.11 Å². The summed E-state index contributed by atoms with van der Waals surface area (Å²) in [6.07, 6.45) is 0. The molecule has 1 aromatic heterocycles. The van der Waals surface area contributed by atoms with Crippen LogP contribution in [0.2, 0.25) is 0 Å². The Morgan fingerprint density at radius 1 is 1.37 bits per heavy atom. The number of thiophene rings is 1. The molecule has 0 aliphatic heterocycles. The largest absolute Gasteiger partial charge is 0.384 e.